The summed E-state index contributed by atoms with van der Waals surface area (Å²) in [5.41, 5.74) is 1.79. The average molecular weight is 442 g/mol. The molecule has 2 fully saturated rings. The van der Waals surface area contributed by atoms with E-state index >= 15 is 0 Å². The number of aromatic nitrogens is 3. The molecule has 0 bridgehead atoms. The van der Waals surface area contributed by atoms with E-state index < -0.39 is 0 Å². The lowest BCUT2D eigenvalue weighted by molar-refractivity contribution is -0.119. The van der Waals surface area contributed by atoms with Crippen LogP contribution in [-0.2, 0) is 11.8 Å². The number of carbonyl (C=O) groups is 2. The van der Waals surface area contributed by atoms with Crippen LogP contribution in [0.5, 0.6) is 0 Å². The van der Waals surface area contributed by atoms with E-state index in [0.29, 0.717) is 22.5 Å². The largest absolute Gasteiger partial charge is 0.353 e. The molecule has 1 aromatic carbocycles. The molecular weight excluding hydrogens is 410 g/mol. The minimum absolute atomic E-state index is 0.0373. The van der Waals surface area contributed by atoms with Crippen LogP contribution in [0.15, 0.2) is 29.4 Å². The van der Waals surface area contributed by atoms with Crippen LogP contribution >= 0.6 is 11.8 Å². The van der Waals surface area contributed by atoms with E-state index in [1.807, 2.05) is 47.7 Å². The standard InChI is InChI=1S/C23H31N5O2S/c1-16-8-6-9-17(14-16)22(30)28-13-7-12-19(28)21-25-26-23(27(21)2)31-15-20(29)24-18-10-4-3-5-11-18/h6,8-9,14,18-19H,3-5,7,10-13,15H2,1-2H3,(H,24,29). The highest BCUT2D eigenvalue weighted by Crippen LogP contribution is 2.33. The summed E-state index contributed by atoms with van der Waals surface area (Å²) in [5.74, 6) is 1.21. The second-order valence-electron chi connectivity index (χ2n) is 8.62. The first-order valence-electron chi connectivity index (χ1n) is 11.2. The molecule has 1 aromatic heterocycles. The Hall–Kier alpha value is -2.35. The number of aryl methyl sites for hydroxylation is 1. The third kappa shape index (κ3) is 5.11. The predicted octanol–water partition coefficient (Wildman–Crippen LogP) is 3.64. The van der Waals surface area contributed by atoms with Crippen molar-refractivity contribution in [3.8, 4) is 0 Å². The number of hydrogen-bond donors (Lipinski definition) is 1. The van der Waals surface area contributed by atoms with Crippen molar-refractivity contribution < 1.29 is 9.59 Å². The zero-order chi connectivity index (χ0) is 21.8. The first-order valence-corrected chi connectivity index (χ1v) is 12.2. The van der Waals surface area contributed by atoms with Crippen LogP contribution in [0.25, 0.3) is 0 Å². The second-order valence-corrected chi connectivity index (χ2v) is 9.56. The smallest absolute Gasteiger partial charge is 0.254 e. The molecule has 1 N–H and O–H groups in total. The van der Waals surface area contributed by atoms with Gasteiger partial charge in [0.25, 0.3) is 5.91 Å². The zero-order valence-electron chi connectivity index (χ0n) is 18.3. The lowest BCUT2D eigenvalue weighted by Gasteiger charge is -2.24. The van der Waals surface area contributed by atoms with Crippen LogP contribution in [0.1, 0.15) is 72.7 Å². The molecule has 8 heteroatoms. The Morgan fingerprint density at radius 2 is 1.94 bits per heavy atom. The number of rotatable bonds is 6. The van der Waals surface area contributed by atoms with Crippen molar-refractivity contribution >= 4 is 23.6 Å². The summed E-state index contributed by atoms with van der Waals surface area (Å²) in [6.45, 7) is 2.71. The third-order valence-corrected chi connectivity index (χ3v) is 7.27. The molecule has 1 saturated carbocycles. The minimum Gasteiger partial charge on any atom is -0.353 e. The van der Waals surface area contributed by atoms with E-state index in [0.717, 1.165) is 43.6 Å². The Labute approximate surface area is 188 Å². The molecule has 0 radical (unpaired) electrons. The summed E-state index contributed by atoms with van der Waals surface area (Å²) >= 11 is 1.41. The fraction of sp³-hybridized carbons (Fsp3) is 0.565. The molecule has 1 atom stereocenters. The number of hydrogen-bond acceptors (Lipinski definition) is 5. The van der Waals surface area contributed by atoms with Gasteiger partial charge in [0.15, 0.2) is 11.0 Å². The van der Waals surface area contributed by atoms with Gasteiger partial charge in [-0.25, -0.2) is 0 Å². The number of carbonyl (C=O) groups excluding carboxylic acids is 2. The summed E-state index contributed by atoms with van der Waals surface area (Å²) in [5, 5.41) is 12.6. The molecule has 0 spiro atoms. The van der Waals surface area contributed by atoms with E-state index in [-0.39, 0.29) is 17.9 Å². The molecule has 31 heavy (non-hydrogen) atoms. The van der Waals surface area contributed by atoms with E-state index in [9.17, 15) is 9.59 Å². The van der Waals surface area contributed by atoms with Gasteiger partial charge in [0.05, 0.1) is 11.8 Å². The van der Waals surface area contributed by atoms with Crippen LogP contribution in [0, 0.1) is 6.92 Å². The monoisotopic (exact) mass is 441 g/mol. The number of nitrogens with zero attached hydrogens (tertiary/aromatic N) is 4. The Balaban J connectivity index is 1.39. The number of thioether (sulfide) groups is 1. The van der Waals surface area contributed by atoms with Crippen molar-refractivity contribution in [3.63, 3.8) is 0 Å². The minimum atomic E-state index is -0.0871. The Kier molecular flexibility index (Phi) is 6.95. The maximum atomic E-state index is 13.1. The molecular formula is C23H31N5O2S. The molecule has 2 aliphatic rings. The summed E-state index contributed by atoms with van der Waals surface area (Å²) in [7, 11) is 1.92. The quantitative estimate of drug-likeness (QED) is 0.692. The number of likely N-dealkylation sites (tertiary alicyclic amines) is 1. The fourth-order valence-corrected chi connectivity index (χ4v) is 5.34. The Bertz CT molecular complexity index is 938. The Morgan fingerprint density at radius 1 is 1.13 bits per heavy atom. The van der Waals surface area contributed by atoms with Gasteiger partial charge in [-0.1, -0.05) is 48.7 Å². The van der Waals surface area contributed by atoms with Crippen molar-refractivity contribution in [2.45, 2.75) is 69.1 Å². The van der Waals surface area contributed by atoms with Gasteiger partial charge in [0, 0.05) is 25.2 Å². The van der Waals surface area contributed by atoms with Gasteiger partial charge < -0.3 is 14.8 Å². The van der Waals surface area contributed by atoms with Crippen molar-refractivity contribution in [1.82, 2.24) is 25.0 Å². The van der Waals surface area contributed by atoms with Crippen molar-refractivity contribution in [3.05, 3.63) is 41.2 Å². The average Bonchev–Trinajstić information content (AvgIpc) is 3.39. The lowest BCUT2D eigenvalue weighted by Crippen LogP contribution is -2.37. The van der Waals surface area contributed by atoms with E-state index in [4.69, 9.17) is 0 Å². The molecule has 1 aliphatic carbocycles. The molecule has 2 aromatic rings. The first kappa shape index (κ1) is 21.9. The molecule has 1 unspecified atom stereocenters. The normalized spacial score (nSPS) is 19.5. The fourth-order valence-electron chi connectivity index (χ4n) is 4.61. The van der Waals surface area contributed by atoms with Gasteiger partial charge >= 0.3 is 0 Å². The Morgan fingerprint density at radius 3 is 2.71 bits per heavy atom. The third-order valence-electron chi connectivity index (χ3n) is 6.25. The SMILES string of the molecule is Cc1cccc(C(=O)N2CCCC2c2nnc(SCC(=O)NC3CCCCC3)n2C)c1. The van der Waals surface area contributed by atoms with Gasteiger partial charge in [0.2, 0.25) is 5.91 Å². The maximum absolute atomic E-state index is 13.1. The molecule has 1 saturated heterocycles. The van der Waals surface area contributed by atoms with Gasteiger partial charge in [-0.3, -0.25) is 9.59 Å². The highest BCUT2D eigenvalue weighted by atomic mass is 32.2. The van der Waals surface area contributed by atoms with Crippen molar-refractivity contribution in [1.29, 1.82) is 0 Å². The topological polar surface area (TPSA) is 80.1 Å². The van der Waals surface area contributed by atoms with Crippen LogP contribution in [0.2, 0.25) is 0 Å². The van der Waals surface area contributed by atoms with E-state index in [1.165, 1.54) is 31.0 Å². The van der Waals surface area contributed by atoms with Crippen molar-refractivity contribution in [2.24, 2.45) is 7.05 Å². The van der Waals surface area contributed by atoms with Crippen LogP contribution < -0.4 is 5.32 Å². The summed E-state index contributed by atoms with van der Waals surface area (Å²) < 4.78 is 1.94. The van der Waals surface area contributed by atoms with E-state index in [1.54, 1.807) is 0 Å². The van der Waals surface area contributed by atoms with Gasteiger partial charge in [-0.2, -0.15) is 0 Å². The molecule has 1 aliphatic heterocycles. The summed E-state index contributed by atoms with van der Waals surface area (Å²) in [6, 6.07) is 7.94. The summed E-state index contributed by atoms with van der Waals surface area (Å²) in [6.07, 6.45) is 7.65. The zero-order valence-corrected chi connectivity index (χ0v) is 19.2. The number of benzene rings is 1. The van der Waals surface area contributed by atoms with Crippen molar-refractivity contribution in [2.75, 3.05) is 12.3 Å². The highest BCUT2D eigenvalue weighted by Gasteiger charge is 2.34. The molecule has 2 heterocycles. The van der Waals surface area contributed by atoms with Gasteiger partial charge in [-0.15, -0.1) is 10.2 Å². The molecule has 4 rings (SSSR count). The highest BCUT2D eigenvalue weighted by molar-refractivity contribution is 7.99. The van der Waals surface area contributed by atoms with E-state index in [2.05, 4.69) is 15.5 Å². The van der Waals surface area contributed by atoms with Gasteiger partial charge in [0.1, 0.15) is 0 Å². The molecule has 166 valence electrons. The maximum Gasteiger partial charge on any atom is 0.254 e. The number of amides is 2. The number of nitrogens with one attached hydrogen (secondary N) is 1. The second kappa shape index (κ2) is 9.85. The van der Waals surface area contributed by atoms with Crippen LogP contribution in [0.3, 0.4) is 0 Å². The lowest BCUT2D eigenvalue weighted by atomic mass is 9.95. The predicted molar refractivity (Wildman–Crippen MR) is 121 cm³/mol. The van der Waals surface area contributed by atoms with Crippen LogP contribution in [-0.4, -0.2) is 49.8 Å². The first-order chi connectivity index (χ1) is 15.0. The summed E-state index contributed by atoms with van der Waals surface area (Å²) in [4.78, 5) is 27.4. The van der Waals surface area contributed by atoms with Crippen LogP contribution in [0.4, 0.5) is 0 Å². The molecule has 2 amide bonds. The molecule has 7 nitrogen and oxygen atoms in total. The van der Waals surface area contributed by atoms with Gasteiger partial charge in [-0.05, 0) is 44.7 Å².